The first-order valence-corrected chi connectivity index (χ1v) is 9.85. The van der Waals surface area contributed by atoms with Crippen LogP contribution in [0.25, 0.3) is 0 Å². The first-order chi connectivity index (χ1) is 13.9. The molecule has 1 saturated carbocycles. The average molecular weight is 395 g/mol. The van der Waals surface area contributed by atoms with Gasteiger partial charge in [0.1, 0.15) is 5.54 Å². The SMILES string of the molecule is Cc1ccc(Nc2nc(N)nc(CN3C(=O)NC4(CCCCC4C)C3=O)n2)cc1. The monoisotopic (exact) mass is 395 g/mol. The van der Waals surface area contributed by atoms with Gasteiger partial charge in [0.05, 0.1) is 6.54 Å². The summed E-state index contributed by atoms with van der Waals surface area (Å²) in [6.07, 6.45) is 3.58. The summed E-state index contributed by atoms with van der Waals surface area (Å²) in [4.78, 5) is 39.5. The Labute approximate surface area is 169 Å². The van der Waals surface area contributed by atoms with Gasteiger partial charge in [0.15, 0.2) is 5.82 Å². The Kier molecular flexibility index (Phi) is 4.81. The number of anilines is 3. The van der Waals surface area contributed by atoms with Crippen LogP contribution in [-0.2, 0) is 11.3 Å². The minimum Gasteiger partial charge on any atom is -0.368 e. The second-order valence-electron chi connectivity index (χ2n) is 7.86. The fourth-order valence-corrected chi connectivity index (χ4v) is 4.11. The maximum Gasteiger partial charge on any atom is 0.325 e. The minimum atomic E-state index is -0.809. The molecule has 4 rings (SSSR count). The summed E-state index contributed by atoms with van der Waals surface area (Å²) in [7, 11) is 0. The van der Waals surface area contributed by atoms with Crippen molar-refractivity contribution in [3.63, 3.8) is 0 Å². The molecule has 1 spiro atoms. The van der Waals surface area contributed by atoms with E-state index < -0.39 is 11.6 Å². The molecule has 2 aliphatic rings. The molecule has 9 nitrogen and oxygen atoms in total. The largest absolute Gasteiger partial charge is 0.368 e. The number of imide groups is 1. The van der Waals surface area contributed by atoms with E-state index in [0.29, 0.717) is 6.42 Å². The summed E-state index contributed by atoms with van der Waals surface area (Å²) < 4.78 is 0. The molecule has 3 amide bonds. The number of amides is 3. The van der Waals surface area contributed by atoms with Gasteiger partial charge in [0.2, 0.25) is 11.9 Å². The van der Waals surface area contributed by atoms with E-state index in [0.717, 1.165) is 30.5 Å². The van der Waals surface area contributed by atoms with Crippen molar-refractivity contribution < 1.29 is 9.59 Å². The van der Waals surface area contributed by atoms with Crippen molar-refractivity contribution in [1.29, 1.82) is 0 Å². The highest BCUT2D eigenvalue weighted by Crippen LogP contribution is 2.38. The van der Waals surface area contributed by atoms with Crippen LogP contribution in [0.4, 0.5) is 22.4 Å². The summed E-state index contributed by atoms with van der Waals surface area (Å²) >= 11 is 0. The average Bonchev–Trinajstić information content (AvgIpc) is 2.91. The van der Waals surface area contributed by atoms with Crippen LogP contribution >= 0.6 is 0 Å². The molecule has 9 heteroatoms. The number of carbonyl (C=O) groups excluding carboxylic acids is 2. The fourth-order valence-electron chi connectivity index (χ4n) is 4.11. The summed E-state index contributed by atoms with van der Waals surface area (Å²) in [5.41, 5.74) is 6.96. The molecule has 0 radical (unpaired) electrons. The Morgan fingerprint density at radius 3 is 2.69 bits per heavy atom. The van der Waals surface area contributed by atoms with Crippen LogP contribution in [0.1, 0.15) is 44.0 Å². The predicted octanol–water partition coefficient (Wildman–Crippen LogP) is 2.51. The van der Waals surface area contributed by atoms with Crippen molar-refractivity contribution in [3.05, 3.63) is 35.7 Å². The fraction of sp³-hybridized carbons (Fsp3) is 0.450. The highest BCUT2D eigenvalue weighted by atomic mass is 16.2. The van der Waals surface area contributed by atoms with Gasteiger partial charge in [-0.2, -0.15) is 15.0 Å². The summed E-state index contributed by atoms with van der Waals surface area (Å²) in [5.74, 6) is 0.444. The second-order valence-corrected chi connectivity index (χ2v) is 7.86. The van der Waals surface area contributed by atoms with Gasteiger partial charge in [-0.05, 0) is 37.8 Å². The molecule has 1 aromatic heterocycles. The van der Waals surface area contributed by atoms with Gasteiger partial charge in [0, 0.05) is 5.69 Å². The Morgan fingerprint density at radius 2 is 1.97 bits per heavy atom. The van der Waals surface area contributed by atoms with E-state index in [1.54, 1.807) is 0 Å². The number of aryl methyl sites for hydroxylation is 1. The van der Waals surface area contributed by atoms with Crippen molar-refractivity contribution >= 4 is 29.5 Å². The third kappa shape index (κ3) is 3.59. The van der Waals surface area contributed by atoms with Crippen LogP contribution in [-0.4, -0.2) is 37.3 Å². The topological polar surface area (TPSA) is 126 Å². The van der Waals surface area contributed by atoms with Crippen molar-refractivity contribution in [2.24, 2.45) is 5.92 Å². The number of nitrogens with two attached hydrogens (primary N) is 1. The van der Waals surface area contributed by atoms with Crippen molar-refractivity contribution in [3.8, 4) is 0 Å². The van der Waals surface area contributed by atoms with Crippen LogP contribution in [0.5, 0.6) is 0 Å². The molecule has 4 N–H and O–H groups in total. The normalized spacial score (nSPS) is 24.1. The molecule has 2 heterocycles. The van der Waals surface area contributed by atoms with E-state index in [4.69, 9.17) is 5.73 Å². The number of rotatable bonds is 4. The molecule has 1 saturated heterocycles. The predicted molar refractivity (Wildman–Crippen MR) is 108 cm³/mol. The van der Waals surface area contributed by atoms with E-state index in [1.165, 1.54) is 4.90 Å². The zero-order chi connectivity index (χ0) is 20.6. The van der Waals surface area contributed by atoms with Crippen LogP contribution < -0.4 is 16.4 Å². The van der Waals surface area contributed by atoms with Gasteiger partial charge in [-0.1, -0.05) is 37.5 Å². The molecule has 0 bridgehead atoms. The lowest BCUT2D eigenvalue weighted by Crippen LogP contribution is -2.53. The molecular weight excluding hydrogens is 370 g/mol. The quantitative estimate of drug-likeness (QED) is 0.679. The first kappa shape index (κ1) is 19.1. The summed E-state index contributed by atoms with van der Waals surface area (Å²) in [6, 6.07) is 7.33. The molecular formula is C20H25N7O2. The molecule has 29 heavy (non-hydrogen) atoms. The maximum absolute atomic E-state index is 13.1. The van der Waals surface area contributed by atoms with E-state index in [9.17, 15) is 9.59 Å². The minimum absolute atomic E-state index is 0.0254. The van der Waals surface area contributed by atoms with Crippen molar-refractivity contribution in [1.82, 2.24) is 25.2 Å². The number of carbonyl (C=O) groups is 2. The highest BCUT2D eigenvalue weighted by Gasteiger charge is 2.54. The molecule has 2 aromatic rings. The number of nitrogens with zero attached hydrogens (tertiary/aromatic N) is 4. The van der Waals surface area contributed by atoms with E-state index >= 15 is 0 Å². The Balaban J connectivity index is 1.54. The van der Waals surface area contributed by atoms with Gasteiger partial charge in [0.25, 0.3) is 5.91 Å². The number of nitrogen functional groups attached to an aromatic ring is 1. The Hall–Kier alpha value is -3.23. The number of nitrogens with one attached hydrogen (secondary N) is 2. The first-order valence-electron chi connectivity index (χ1n) is 9.85. The number of hydrogen-bond acceptors (Lipinski definition) is 7. The van der Waals surface area contributed by atoms with Crippen LogP contribution in [0.15, 0.2) is 24.3 Å². The van der Waals surface area contributed by atoms with Crippen LogP contribution in [0, 0.1) is 12.8 Å². The number of hydrogen-bond donors (Lipinski definition) is 3. The zero-order valence-electron chi connectivity index (χ0n) is 16.6. The van der Waals surface area contributed by atoms with Crippen LogP contribution in [0.2, 0.25) is 0 Å². The standard InChI is InChI=1S/C20H25N7O2/c1-12-6-8-14(9-7-12)22-18-24-15(23-17(21)25-18)11-27-16(28)20(26-19(27)29)10-4-3-5-13(20)2/h6-9,13H,3-5,10-11H2,1-2H3,(H,26,29)(H3,21,22,23,24,25). The summed E-state index contributed by atoms with van der Waals surface area (Å²) in [6.45, 7) is 3.97. The lowest BCUT2D eigenvalue weighted by molar-refractivity contribution is -0.134. The van der Waals surface area contributed by atoms with Gasteiger partial charge in [-0.15, -0.1) is 0 Å². The molecule has 2 fully saturated rings. The third-order valence-electron chi connectivity index (χ3n) is 5.81. The lowest BCUT2D eigenvalue weighted by Gasteiger charge is -2.36. The summed E-state index contributed by atoms with van der Waals surface area (Å²) in [5, 5.41) is 6.01. The number of benzene rings is 1. The van der Waals surface area contributed by atoms with Gasteiger partial charge in [-0.25, -0.2) is 4.79 Å². The molecule has 152 valence electrons. The maximum atomic E-state index is 13.1. The second kappa shape index (κ2) is 7.31. The molecule has 1 aliphatic carbocycles. The van der Waals surface area contributed by atoms with E-state index in [1.807, 2.05) is 38.1 Å². The van der Waals surface area contributed by atoms with Gasteiger partial charge < -0.3 is 16.4 Å². The molecule has 1 aliphatic heterocycles. The van der Waals surface area contributed by atoms with Gasteiger partial charge in [-0.3, -0.25) is 9.69 Å². The van der Waals surface area contributed by atoms with E-state index in [-0.39, 0.29) is 36.1 Å². The smallest absolute Gasteiger partial charge is 0.325 e. The van der Waals surface area contributed by atoms with Gasteiger partial charge >= 0.3 is 6.03 Å². The molecule has 2 unspecified atom stereocenters. The van der Waals surface area contributed by atoms with Crippen molar-refractivity contribution in [2.75, 3.05) is 11.1 Å². The van der Waals surface area contributed by atoms with E-state index in [2.05, 4.69) is 25.6 Å². The zero-order valence-corrected chi connectivity index (χ0v) is 16.6. The lowest BCUT2D eigenvalue weighted by atomic mass is 9.73. The van der Waals surface area contributed by atoms with Crippen LogP contribution in [0.3, 0.4) is 0 Å². The Morgan fingerprint density at radius 1 is 1.21 bits per heavy atom. The third-order valence-corrected chi connectivity index (χ3v) is 5.81. The molecule has 2 atom stereocenters. The molecule has 1 aromatic carbocycles. The van der Waals surface area contributed by atoms with Crippen molar-refractivity contribution in [2.45, 2.75) is 51.6 Å². The number of aromatic nitrogens is 3. The highest BCUT2D eigenvalue weighted by molar-refractivity contribution is 6.07. The Bertz CT molecular complexity index is 946. The number of urea groups is 1.